The van der Waals surface area contributed by atoms with Crippen LogP contribution in [0.5, 0.6) is 0 Å². The Bertz CT molecular complexity index is 473. The van der Waals surface area contributed by atoms with Gasteiger partial charge in [-0.1, -0.05) is 13.8 Å². The van der Waals surface area contributed by atoms with Crippen molar-refractivity contribution in [2.45, 2.75) is 32.9 Å². The molecule has 0 unspecified atom stereocenters. The van der Waals surface area contributed by atoms with Crippen molar-refractivity contribution in [3.8, 4) is 0 Å². The first-order valence-corrected chi connectivity index (χ1v) is 6.73. The van der Waals surface area contributed by atoms with E-state index in [1.54, 1.807) is 7.05 Å². The molecule has 6 heteroatoms. The molecule has 0 spiro atoms. The van der Waals surface area contributed by atoms with Crippen molar-refractivity contribution in [2.24, 2.45) is 5.41 Å². The summed E-state index contributed by atoms with van der Waals surface area (Å²) in [5.41, 5.74) is -0.402. The summed E-state index contributed by atoms with van der Waals surface area (Å²) < 4.78 is 38.7. The second-order valence-corrected chi connectivity index (χ2v) is 6.00. The van der Waals surface area contributed by atoms with Crippen LogP contribution in [0.3, 0.4) is 0 Å². The molecule has 1 fully saturated rings. The second kappa shape index (κ2) is 5.14. The van der Waals surface area contributed by atoms with Crippen LogP contribution in [-0.2, 0) is 6.18 Å². The number of anilines is 2. The molecule has 0 radical (unpaired) electrons. The molecule has 20 heavy (non-hydrogen) atoms. The van der Waals surface area contributed by atoms with Crippen LogP contribution in [-0.4, -0.2) is 25.1 Å². The minimum Gasteiger partial charge on any atom is -0.373 e. The molecule has 1 aromatic heterocycles. The van der Waals surface area contributed by atoms with Crippen LogP contribution < -0.4 is 10.2 Å². The van der Waals surface area contributed by atoms with Crippen LogP contribution in [0, 0.1) is 5.41 Å². The number of hydrogen-bond acceptors (Lipinski definition) is 3. The summed E-state index contributed by atoms with van der Waals surface area (Å²) in [5, 5.41) is 2.70. The smallest absolute Gasteiger partial charge is 0.373 e. The lowest BCUT2D eigenvalue weighted by molar-refractivity contribution is -0.137. The van der Waals surface area contributed by atoms with Gasteiger partial charge in [-0.25, -0.2) is 4.98 Å². The number of piperidine rings is 1. The van der Waals surface area contributed by atoms with Crippen LogP contribution in [0.2, 0.25) is 0 Å². The summed E-state index contributed by atoms with van der Waals surface area (Å²) in [6.45, 7) is 5.85. The fourth-order valence-electron chi connectivity index (χ4n) is 2.31. The Balaban J connectivity index is 2.28. The van der Waals surface area contributed by atoms with Crippen molar-refractivity contribution in [1.29, 1.82) is 0 Å². The van der Waals surface area contributed by atoms with Gasteiger partial charge in [-0.05, 0) is 30.4 Å². The fourth-order valence-corrected chi connectivity index (χ4v) is 2.31. The molecule has 1 aromatic rings. The first-order chi connectivity index (χ1) is 9.21. The number of hydrogen-bond donors (Lipinski definition) is 1. The normalized spacial score (nSPS) is 19.0. The van der Waals surface area contributed by atoms with E-state index in [9.17, 15) is 13.2 Å². The minimum atomic E-state index is -4.35. The molecule has 0 aliphatic carbocycles. The lowest BCUT2D eigenvalue weighted by Gasteiger charge is -2.37. The summed E-state index contributed by atoms with van der Waals surface area (Å²) in [4.78, 5) is 6.18. The Morgan fingerprint density at radius 3 is 2.30 bits per heavy atom. The molecule has 0 amide bonds. The van der Waals surface area contributed by atoms with Gasteiger partial charge in [0.15, 0.2) is 0 Å². The lowest BCUT2D eigenvalue weighted by atomic mass is 9.83. The highest BCUT2D eigenvalue weighted by molar-refractivity contribution is 5.51. The van der Waals surface area contributed by atoms with E-state index in [2.05, 4.69) is 24.1 Å². The monoisotopic (exact) mass is 287 g/mol. The number of alkyl halides is 3. The summed E-state index contributed by atoms with van der Waals surface area (Å²) in [7, 11) is 1.57. The van der Waals surface area contributed by atoms with Gasteiger partial charge in [0.2, 0.25) is 0 Å². The summed E-state index contributed by atoms with van der Waals surface area (Å²) in [6.07, 6.45) is -2.43. The van der Waals surface area contributed by atoms with Gasteiger partial charge in [0.1, 0.15) is 11.6 Å². The van der Waals surface area contributed by atoms with E-state index < -0.39 is 11.7 Å². The Hall–Kier alpha value is -1.46. The van der Waals surface area contributed by atoms with Crippen molar-refractivity contribution in [3.63, 3.8) is 0 Å². The lowest BCUT2D eigenvalue weighted by Crippen LogP contribution is -2.38. The van der Waals surface area contributed by atoms with Crippen molar-refractivity contribution in [3.05, 3.63) is 17.7 Å². The molecule has 0 bridgehead atoms. The SMILES string of the molecule is CNc1cc(C(F)(F)F)cc(N2CCC(C)(C)CC2)n1. The molecule has 112 valence electrons. The van der Waals surface area contributed by atoms with Gasteiger partial charge >= 0.3 is 6.18 Å². The molecule has 0 saturated carbocycles. The van der Waals surface area contributed by atoms with Crippen molar-refractivity contribution in [1.82, 2.24) is 4.98 Å². The highest BCUT2D eigenvalue weighted by Crippen LogP contribution is 2.35. The highest BCUT2D eigenvalue weighted by atomic mass is 19.4. The van der Waals surface area contributed by atoms with E-state index in [-0.39, 0.29) is 11.2 Å². The van der Waals surface area contributed by atoms with E-state index in [4.69, 9.17) is 0 Å². The molecule has 0 atom stereocenters. The Morgan fingerprint density at radius 2 is 1.80 bits per heavy atom. The Labute approximate surface area is 117 Å². The molecule has 2 rings (SSSR count). The number of nitrogens with zero attached hydrogens (tertiary/aromatic N) is 2. The summed E-state index contributed by atoms with van der Waals surface area (Å²) in [6, 6.07) is 2.18. The van der Waals surface area contributed by atoms with Crippen LogP contribution in [0.15, 0.2) is 12.1 Å². The fraction of sp³-hybridized carbons (Fsp3) is 0.643. The Kier molecular flexibility index (Phi) is 3.84. The van der Waals surface area contributed by atoms with Gasteiger partial charge in [-0.3, -0.25) is 0 Å². The highest BCUT2D eigenvalue weighted by Gasteiger charge is 2.33. The molecule has 3 nitrogen and oxygen atoms in total. The maximum Gasteiger partial charge on any atom is 0.416 e. The number of nitrogens with one attached hydrogen (secondary N) is 1. The van der Waals surface area contributed by atoms with Gasteiger partial charge < -0.3 is 10.2 Å². The van der Waals surface area contributed by atoms with E-state index in [1.807, 2.05) is 4.90 Å². The van der Waals surface area contributed by atoms with Crippen molar-refractivity contribution < 1.29 is 13.2 Å². The molecule has 1 saturated heterocycles. The third kappa shape index (κ3) is 3.35. The number of pyridine rings is 1. The van der Waals surface area contributed by atoms with Crippen LogP contribution in [0.25, 0.3) is 0 Å². The zero-order valence-electron chi connectivity index (χ0n) is 12.0. The molecule has 0 aromatic carbocycles. The van der Waals surface area contributed by atoms with Crippen molar-refractivity contribution in [2.75, 3.05) is 30.4 Å². The second-order valence-electron chi connectivity index (χ2n) is 6.00. The molecular weight excluding hydrogens is 267 g/mol. The Morgan fingerprint density at radius 1 is 1.20 bits per heavy atom. The van der Waals surface area contributed by atoms with Crippen LogP contribution in [0.1, 0.15) is 32.3 Å². The van der Waals surface area contributed by atoms with Gasteiger partial charge in [-0.2, -0.15) is 13.2 Å². The van der Waals surface area contributed by atoms with Gasteiger partial charge in [0.25, 0.3) is 0 Å². The average molecular weight is 287 g/mol. The van der Waals surface area contributed by atoms with Gasteiger partial charge in [0.05, 0.1) is 5.56 Å². The maximum atomic E-state index is 12.9. The molecule has 1 aliphatic rings. The largest absolute Gasteiger partial charge is 0.416 e. The average Bonchev–Trinajstić information content (AvgIpc) is 2.37. The third-order valence-electron chi connectivity index (χ3n) is 3.84. The van der Waals surface area contributed by atoms with Crippen molar-refractivity contribution >= 4 is 11.6 Å². The summed E-state index contributed by atoms with van der Waals surface area (Å²) in [5.74, 6) is 0.652. The van der Waals surface area contributed by atoms with Crippen LogP contribution >= 0.6 is 0 Å². The van der Waals surface area contributed by atoms with Crippen LogP contribution in [0.4, 0.5) is 24.8 Å². The van der Waals surface area contributed by atoms with E-state index in [0.29, 0.717) is 5.82 Å². The topological polar surface area (TPSA) is 28.2 Å². The number of rotatable bonds is 2. The number of aromatic nitrogens is 1. The van der Waals surface area contributed by atoms with E-state index in [1.165, 1.54) is 0 Å². The molecule has 2 heterocycles. The first kappa shape index (κ1) is 14.9. The molecular formula is C14H20F3N3. The molecule has 1 N–H and O–H groups in total. The zero-order valence-corrected chi connectivity index (χ0v) is 12.0. The predicted octanol–water partition coefficient (Wildman–Crippen LogP) is 3.77. The minimum absolute atomic E-state index is 0.250. The van der Waals surface area contributed by atoms with E-state index in [0.717, 1.165) is 38.1 Å². The summed E-state index contributed by atoms with van der Waals surface area (Å²) >= 11 is 0. The molecule has 1 aliphatic heterocycles. The quantitative estimate of drug-likeness (QED) is 0.897. The third-order valence-corrected chi connectivity index (χ3v) is 3.84. The predicted molar refractivity (Wildman–Crippen MR) is 74.0 cm³/mol. The standard InChI is InChI=1S/C14H20F3N3/c1-13(2)4-6-20(7-5-13)12-9-10(14(15,16)17)8-11(18-3)19-12/h8-9H,4-7H2,1-3H3,(H,18,19). The van der Waals surface area contributed by atoms with E-state index >= 15 is 0 Å². The van der Waals surface area contributed by atoms with Gasteiger partial charge in [0, 0.05) is 20.1 Å². The first-order valence-electron chi connectivity index (χ1n) is 6.73. The zero-order chi connectivity index (χ0) is 15.0. The number of halogens is 3. The maximum absolute atomic E-state index is 12.9. The van der Waals surface area contributed by atoms with Gasteiger partial charge in [-0.15, -0.1) is 0 Å².